The number of benzene rings is 4. The molecule has 0 bridgehead atoms. The third-order valence-electron chi connectivity index (χ3n) is 7.96. The van der Waals surface area contributed by atoms with Gasteiger partial charge >= 0.3 is 0 Å². The van der Waals surface area contributed by atoms with Crippen LogP contribution in [0.3, 0.4) is 0 Å². The highest BCUT2D eigenvalue weighted by molar-refractivity contribution is 6.12. The van der Waals surface area contributed by atoms with Gasteiger partial charge in [0.2, 0.25) is 0 Å². The summed E-state index contributed by atoms with van der Waals surface area (Å²) in [5.41, 5.74) is 7.40. The number of hydrogen-bond donors (Lipinski definition) is 0. The summed E-state index contributed by atoms with van der Waals surface area (Å²) in [6.45, 7) is 0. The fourth-order valence-electron chi connectivity index (χ4n) is 6.00. The number of aromatic nitrogens is 4. The maximum Gasteiger partial charge on any atom is 0.137 e. The third-order valence-corrected chi connectivity index (χ3v) is 7.96. The fourth-order valence-corrected chi connectivity index (χ4v) is 6.00. The quantitative estimate of drug-likeness (QED) is 0.188. The molecule has 0 amide bonds. The Kier molecular flexibility index (Phi) is 6.70. The molecule has 0 radical (unpaired) electrons. The first-order chi connectivity index (χ1) is 22.3. The zero-order chi connectivity index (χ0) is 30.0. The van der Waals surface area contributed by atoms with E-state index >= 15 is 0 Å². The minimum Gasteiger partial charge on any atom is -0.309 e. The van der Waals surface area contributed by atoms with E-state index in [0.29, 0.717) is 0 Å². The minimum absolute atomic E-state index is 0.854. The first kappa shape index (κ1) is 26.4. The summed E-state index contributed by atoms with van der Waals surface area (Å²) in [6, 6.07) is 50.2. The molecule has 4 aromatic carbocycles. The van der Waals surface area contributed by atoms with Gasteiger partial charge in [-0.2, -0.15) is 0 Å². The van der Waals surface area contributed by atoms with E-state index in [1.807, 2.05) is 73.3 Å². The lowest BCUT2D eigenvalue weighted by Crippen LogP contribution is -2.11. The molecule has 0 unspecified atom stereocenters. The maximum absolute atomic E-state index is 4.73. The standard InChI is InChI=1S/C39H28N6/c1-3-11-29(12-4-1)43(38-15-7-9-23-41-38)32-17-19-36-34(27-32)35-28-33(18-20-37(35)45(36)31-21-25-40-26-22-31)44(30-13-5-2-6-14-30)39-16-8-10-24-42-39/h1-28H. The lowest BCUT2D eigenvalue weighted by Gasteiger charge is -2.24. The topological polar surface area (TPSA) is 50.1 Å². The van der Waals surface area contributed by atoms with Gasteiger partial charge in [-0.1, -0.05) is 48.5 Å². The van der Waals surface area contributed by atoms with Gasteiger partial charge in [0.1, 0.15) is 11.6 Å². The molecule has 4 heterocycles. The highest BCUT2D eigenvalue weighted by atomic mass is 15.2. The molecule has 0 fully saturated rings. The summed E-state index contributed by atoms with van der Waals surface area (Å²) in [5.74, 6) is 1.71. The molecule has 0 atom stereocenters. The van der Waals surface area contributed by atoms with Crippen LogP contribution in [0.15, 0.2) is 170 Å². The summed E-state index contributed by atoms with van der Waals surface area (Å²) in [7, 11) is 0. The highest BCUT2D eigenvalue weighted by Gasteiger charge is 2.20. The van der Waals surface area contributed by atoms with Crippen LogP contribution in [0.5, 0.6) is 0 Å². The van der Waals surface area contributed by atoms with Crippen molar-refractivity contribution in [3.63, 3.8) is 0 Å². The Morgan fingerprint density at radius 2 is 0.867 bits per heavy atom. The van der Waals surface area contributed by atoms with Crippen LogP contribution in [0.1, 0.15) is 0 Å². The fraction of sp³-hybridized carbons (Fsp3) is 0. The molecule has 8 rings (SSSR count). The smallest absolute Gasteiger partial charge is 0.137 e. The van der Waals surface area contributed by atoms with Gasteiger partial charge in [-0.3, -0.25) is 14.8 Å². The van der Waals surface area contributed by atoms with Gasteiger partial charge < -0.3 is 4.57 Å². The second-order valence-corrected chi connectivity index (χ2v) is 10.7. The molecular weight excluding hydrogens is 552 g/mol. The first-order valence-electron chi connectivity index (χ1n) is 14.9. The molecule has 8 aromatic rings. The Labute approximate surface area is 261 Å². The second kappa shape index (κ2) is 11.4. The molecule has 0 saturated carbocycles. The van der Waals surface area contributed by atoms with Crippen molar-refractivity contribution in [1.82, 2.24) is 19.5 Å². The number of para-hydroxylation sites is 2. The SMILES string of the molecule is c1ccc(N(c2ccc3c(c2)c2cc(N(c4ccccc4)c4ccccn4)ccc2n3-c2ccncc2)c2ccccn2)cc1. The van der Waals surface area contributed by atoms with Crippen molar-refractivity contribution in [2.45, 2.75) is 0 Å². The van der Waals surface area contributed by atoms with Gasteiger partial charge in [-0.25, -0.2) is 9.97 Å². The van der Waals surface area contributed by atoms with Gasteiger partial charge in [-0.15, -0.1) is 0 Å². The number of pyridine rings is 3. The van der Waals surface area contributed by atoms with Crippen LogP contribution in [0.25, 0.3) is 27.5 Å². The summed E-state index contributed by atoms with van der Waals surface area (Å²) in [4.78, 5) is 18.1. The first-order valence-corrected chi connectivity index (χ1v) is 14.9. The second-order valence-electron chi connectivity index (χ2n) is 10.7. The number of hydrogen-bond acceptors (Lipinski definition) is 5. The Morgan fingerprint density at radius 3 is 1.31 bits per heavy atom. The van der Waals surface area contributed by atoms with Crippen molar-refractivity contribution in [1.29, 1.82) is 0 Å². The minimum atomic E-state index is 0.854. The van der Waals surface area contributed by atoms with Gasteiger partial charge in [-0.05, 0) is 97.1 Å². The van der Waals surface area contributed by atoms with E-state index in [0.717, 1.165) is 61.9 Å². The summed E-state index contributed by atoms with van der Waals surface area (Å²) >= 11 is 0. The van der Waals surface area contributed by atoms with Crippen LogP contribution < -0.4 is 9.80 Å². The summed E-state index contributed by atoms with van der Waals surface area (Å²) < 4.78 is 2.31. The lowest BCUT2D eigenvalue weighted by atomic mass is 10.1. The molecule has 0 aliphatic heterocycles. The molecule has 4 aromatic heterocycles. The predicted molar refractivity (Wildman–Crippen MR) is 184 cm³/mol. The Balaban J connectivity index is 1.39. The van der Waals surface area contributed by atoms with Crippen molar-refractivity contribution in [3.05, 3.63) is 170 Å². The molecule has 6 heteroatoms. The molecular formula is C39H28N6. The number of fused-ring (bicyclic) bond motifs is 3. The summed E-state index contributed by atoms with van der Waals surface area (Å²) in [6.07, 6.45) is 7.35. The van der Waals surface area contributed by atoms with E-state index in [2.05, 4.69) is 116 Å². The van der Waals surface area contributed by atoms with E-state index < -0.39 is 0 Å². The monoisotopic (exact) mass is 580 g/mol. The average molecular weight is 581 g/mol. The molecule has 45 heavy (non-hydrogen) atoms. The van der Waals surface area contributed by atoms with E-state index in [9.17, 15) is 0 Å². The molecule has 0 N–H and O–H groups in total. The molecule has 0 aliphatic carbocycles. The van der Waals surface area contributed by atoms with Crippen molar-refractivity contribution in [3.8, 4) is 5.69 Å². The van der Waals surface area contributed by atoms with E-state index in [1.54, 1.807) is 0 Å². The predicted octanol–water partition coefficient (Wildman–Crippen LogP) is 9.91. The van der Waals surface area contributed by atoms with Crippen molar-refractivity contribution in [2.75, 3.05) is 9.80 Å². The Morgan fingerprint density at radius 1 is 0.400 bits per heavy atom. The lowest BCUT2D eigenvalue weighted by molar-refractivity contribution is 1.15. The van der Waals surface area contributed by atoms with Crippen LogP contribution >= 0.6 is 0 Å². The van der Waals surface area contributed by atoms with E-state index in [1.165, 1.54) is 0 Å². The van der Waals surface area contributed by atoms with Crippen LogP contribution in [-0.2, 0) is 0 Å². The van der Waals surface area contributed by atoms with Gasteiger partial charge in [0.15, 0.2) is 0 Å². The van der Waals surface area contributed by atoms with Crippen molar-refractivity contribution in [2.24, 2.45) is 0 Å². The molecule has 0 spiro atoms. The Hall–Kier alpha value is -6.27. The zero-order valence-electron chi connectivity index (χ0n) is 24.3. The highest BCUT2D eigenvalue weighted by Crippen LogP contribution is 2.41. The Bertz CT molecular complexity index is 1980. The van der Waals surface area contributed by atoms with Crippen LogP contribution in [0.4, 0.5) is 34.4 Å². The molecule has 0 aliphatic rings. The zero-order valence-corrected chi connectivity index (χ0v) is 24.3. The maximum atomic E-state index is 4.73. The number of nitrogens with zero attached hydrogens (tertiary/aromatic N) is 6. The largest absolute Gasteiger partial charge is 0.309 e. The average Bonchev–Trinajstić information content (AvgIpc) is 3.44. The van der Waals surface area contributed by atoms with Crippen molar-refractivity contribution < 1.29 is 0 Å². The molecule has 6 nitrogen and oxygen atoms in total. The number of rotatable bonds is 7. The number of anilines is 6. The van der Waals surface area contributed by atoms with Gasteiger partial charge in [0.25, 0.3) is 0 Å². The van der Waals surface area contributed by atoms with E-state index in [4.69, 9.17) is 9.97 Å². The summed E-state index contributed by atoms with van der Waals surface area (Å²) in [5, 5.41) is 2.26. The molecule has 214 valence electrons. The van der Waals surface area contributed by atoms with Gasteiger partial charge in [0.05, 0.1) is 11.0 Å². The van der Waals surface area contributed by atoms with Crippen LogP contribution in [0.2, 0.25) is 0 Å². The van der Waals surface area contributed by atoms with Gasteiger partial charge in [0, 0.05) is 64.0 Å². The van der Waals surface area contributed by atoms with E-state index in [-0.39, 0.29) is 0 Å². The van der Waals surface area contributed by atoms with Crippen LogP contribution in [0, 0.1) is 0 Å². The van der Waals surface area contributed by atoms with Crippen molar-refractivity contribution >= 4 is 56.2 Å². The van der Waals surface area contributed by atoms with Crippen LogP contribution in [-0.4, -0.2) is 19.5 Å². The molecule has 0 saturated heterocycles. The normalized spacial score (nSPS) is 11.1. The third kappa shape index (κ3) is 4.84.